The van der Waals surface area contributed by atoms with Crippen molar-refractivity contribution in [2.45, 2.75) is 39.8 Å². The van der Waals surface area contributed by atoms with Gasteiger partial charge in [-0.1, -0.05) is 13.8 Å². The predicted octanol–water partition coefficient (Wildman–Crippen LogP) is 0.598. The maximum atomic E-state index is 11.8. The Morgan fingerprint density at radius 3 is 2.58 bits per heavy atom. The summed E-state index contributed by atoms with van der Waals surface area (Å²) in [5, 5.41) is 2.95. The van der Waals surface area contributed by atoms with Gasteiger partial charge in [0.25, 0.3) is 5.56 Å². The number of nitrogens with zero attached hydrogens (tertiary/aromatic N) is 1. The Hall–Kier alpha value is -2.16. The number of rotatable bonds is 5. The SMILES string of the molecule is C#CCC(C)Nc1c(N)n(CC(C)C)c(=O)[nH]c1=O. The second-order valence-corrected chi connectivity index (χ2v) is 4.98. The summed E-state index contributed by atoms with van der Waals surface area (Å²) < 4.78 is 1.36. The third-order valence-electron chi connectivity index (χ3n) is 2.60. The van der Waals surface area contributed by atoms with Crippen LogP contribution in [-0.4, -0.2) is 15.6 Å². The van der Waals surface area contributed by atoms with Crippen LogP contribution in [0.5, 0.6) is 0 Å². The Kier molecular flexibility index (Phi) is 4.81. The number of terminal acetylenes is 1. The lowest BCUT2D eigenvalue weighted by molar-refractivity contribution is 0.508. The fraction of sp³-hybridized carbons (Fsp3) is 0.538. The van der Waals surface area contributed by atoms with E-state index in [0.29, 0.717) is 13.0 Å². The van der Waals surface area contributed by atoms with Gasteiger partial charge in [0.15, 0.2) is 0 Å². The van der Waals surface area contributed by atoms with Crippen molar-refractivity contribution in [3.05, 3.63) is 20.8 Å². The standard InChI is InChI=1S/C13H20N4O2/c1-5-6-9(4)15-10-11(14)17(7-8(2)3)13(19)16-12(10)18/h1,8-9,15H,6-7,14H2,2-4H3,(H,16,18,19). The van der Waals surface area contributed by atoms with Crippen molar-refractivity contribution in [3.63, 3.8) is 0 Å². The number of aromatic nitrogens is 2. The van der Waals surface area contributed by atoms with Crippen LogP contribution in [-0.2, 0) is 6.54 Å². The Bertz CT molecular complexity index is 592. The van der Waals surface area contributed by atoms with Gasteiger partial charge >= 0.3 is 5.69 Å². The molecule has 0 aromatic carbocycles. The third kappa shape index (κ3) is 3.65. The summed E-state index contributed by atoms with van der Waals surface area (Å²) in [6.07, 6.45) is 5.68. The van der Waals surface area contributed by atoms with Gasteiger partial charge < -0.3 is 11.1 Å². The Morgan fingerprint density at radius 1 is 1.42 bits per heavy atom. The van der Waals surface area contributed by atoms with Crippen LogP contribution in [0.3, 0.4) is 0 Å². The van der Waals surface area contributed by atoms with Crippen LogP contribution in [0, 0.1) is 18.3 Å². The minimum atomic E-state index is -0.522. The van der Waals surface area contributed by atoms with Crippen LogP contribution in [0.1, 0.15) is 27.2 Å². The fourth-order valence-corrected chi connectivity index (χ4v) is 1.75. The van der Waals surface area contributed by atoms with Gasteiger partial charge in [0, 0.05) is 19.0 Å². The Morgan fingerprint density at radius 2 is 2.05 bits per heavy atom. The van der Waals surface area contributed by atoms with Gasteiger partial charge in [0.2, 0.25) is 0 Å². The van der Waals surface area contributed by atoms with E-state index in [1.807, 2.05) is 20.8 Å². The largest absolute Gasteiger partial charge is 0.383 e. The zero-order valence-electron chi connectivity index (χ0n) is 11.5. The van der Waals surface area contributed by atoms with Crippen molar-refractivity contribution < 1.29 is 0 Å². The van der Waals surface area contributed by atoms with E-state index in [0.717, 1.165) is 0 Å². The average molecular weight is 264 g/mol. The predicted molar refractivity (Wildman–Crippen MR) is 77.1 cm³/mol. The van der Waals surface area contributed by atoms with Gasteiger partial charge in [-0.15, -0.1) is 12.3 Å². The van der Waals surface area contributed by atoms with Crippen LogP contribution in [0.15, 0.2) is 9.59 Å². The lowest BCUT2D eigenvalue weighted by Gasteiger charge is -2.17. The normalized spacial score (nSPS) is 12.2. The summed E-state index contributed by atoms with van der Waals surface area (Å²) in [4.78, 5) is 25.8. The smallest absolute Gasteiger partial charge is 0.330 e. The molecule has 19 heavy (non-hydrogen) atoms. The van der Waals surface area contributed by atoms with E-state index in [4.69, 9.17) is 12.2 Å². The zero-order chi connectivity index (χ0) is 14.6. The minimum Gasteiger partial charge on any atom is -0.383 e. The monoisotopic (exact) mass is 264 g/mol. The van der Waals surface area contributed by atoms with E-state index in [9.17, 15) is 9.59 Å². The Balaban J connectivity index is 3.22. The number of nitrogens with one attached hydrogen (secondary N) is 2. The summed E-state index contributed by atoms with van der Waals surface area (Å²) in [7, 11) is 0. The first-order chi connectivity index (χ1) is 8.86. The van der Waals surface area contributed by atoms with Crippen molar-refractivity contribution in [1.82, 2.24) is 9.55 Å². The van der Waals surface area contributed by atoms with Crippen molar-refractivity contribution in [2.75, 3.05) is 11.1 Å². The highest BCUT2D eigenvalue weighted by molar-refractivity contribution is 5.60. The van der Waals surface area contributed by atoms with Gasteiger partial charge in [0.1, 0.15) is 11.5 Å². The first kappa shape index (κ1) is 14.9. The number of nitrogen functional groups attached to an aromatic ring is 1. The summed E-state index contributed by atoms with van der Waals surface area (Å²) in [6, 6.07) is -0.0987. The average Bonchev–Trinajstić information content (AvgIpc) is 2.30. The molecule has 0 saturated carbocycles. The number of nitrogens with two attached hydrogens (primary N) is 1. The molecule has 0 fully saturated rings. The minimum absolute atomic E-state index is 0.0987. The maximum Gasteiger partial charge on any atom is 0.330 e. The molecule has 1 heterocycles. The molecule has 6 nitrogen and oxygen atoms in total. The number of aromatic amines is 1. The van der Waals surface area contributed by atoms with Crippen LogP contribution < -0.4 is 22.3 Å². The van der Waals surface area contributed by atoms with E-state index in [1.165, 1.54) is 4.57 Å². The van der Waals surface area contributed by atoms with E-state index < -0.39 is 11.2 Å². The highest BCUT2D eigenvalue weighted by atomic mass is 16.2. The molecule has 4 N–H and O–H groups in total. The number of hydrogen-bond acceptors (Lipinski definition) is 4. The quantitative estimate of drug-likeness (QED) is 0.679. The van der Waals surface area contributed by atoms with Crippen LogP contribution in [0.25, 0.3) is 0 Å². The topological polar surface area (TPSA) is 92.9 Å². The second kappa shape index (κ2) is 6.14. The number of H-pyrrole nitrogens is 1. The summed E-state index contributed by atoms with van der Waals surface area (Å²) in [6.45, 7) is 6.21. The van der Waals surface area contributed by atoms with Crippen LogP contribution in [0.2, 0.25) is 0 Å². The first-order valence-corrected chi connectivity index (χ1v) is 6.19. The maximum absolute atomic E-state index is 11.8. The molecule has 0 amide bonds. The molecule has 6 heteroatoms. The highest BCUT2D eigenvalue weighted by Gasteiger charge is 2.14. The molecular weight excluding hydrogens is 244 g/mol. The molecule has 1 aromatic heterocycles. The van der Waals surface area contributed by atoms with Crippen molar-refractivity contribution in [3.8, 4) is 12.3 Å². The Labute approximate surface area is 112 Å². The number of hydrogen-bond donors (Lipinski definition) is 3. The molecule has 0 saturated heterocycles. The van der Waals surface area contributed by atoms with Gasteiger partial charge in [-0.25, -0.2) is 4.79 Å². The van der Waals surface area contributed by atoms with Crippen molar-refractivity contribution in [1.29, 1.82) is 0 Å². The molecule has 0 aliphatic carbocycles. The molecular formula is C13H20N4O2. The van der Waals surface area contributed by atoms with Gasteiger partial charge in [-0.2, -0.15) is 0 Å². The lowest BCUT2D eigenvalue weighted by atomic mass is 10.2. The highest BCUT2D eigenvalue weighted by Crippen LogP contribution is 2.13. The molecule has 1 aromatic rings. The summed E-state index contributed by atoms with van der Waals surface area (Å²) in [5.41, 5.74) is 5.09. The molecule has 1 rings (SSSR count). The first-order valence-electron chi connectivity index (χ1n) is 6.19. The van der Waals surface area contributed by atoms with E-state index in [2.05, 4.69) is 16.2 Å². The molecule has 0 aliphatic heterocycles. The van der Waals surface area contributed by atoms with E-state index in [-0.39, 0.29) is 23.5 Å². The molecule has 1 unspecified atom stereocenters. The van der Waals surface area contributed by atoms with Crippen molar-refractivity contribution in [2.24, 2.45) is 5.92 Å². The summed E-state index contributed by atoms with van der Waals surface area (Å²) >= 11 is 0. The van der Waals surface area contributed by atoms with Gasteiger partial charge in [-0.05, 0) is 12.8 Å². The van der Waals surface area contributed by atoms with Crippen LogP contribution in [0.4, 0.5) is 11.5 Å². The van der Waals surface area contributed by atoms with Crippen molar-refractivity contribution >= 4 is 11.5 Å². The van der Waals surface area contributed by atoms with Crippen LogP contribution >= 0.6 is 0 Å². The van der Waals surface area contributed by atoms with Gasteiger partial charge in [-0.3, -0.25) is 14.3 Å². The molecule has 0 spiro atoms. The molecule has 0 radical (unpaired) electrons. The lowest BCUT2D eigenvalue weighted by Crippen LogP contribution is -2.36. The van der Waals surface area contributed by atoms with Gasteiger partial charge in [0.05, 0.1) is 0 Å². The number of anilines is 2. The molecule has 0 bridgehead atoms. The second-order valence-electron chi connectivity index (χ2n) is 4.98. The summed E-state index contributed by atoms with van der Waals surface area (Å²) in [5.74, 6) is 2.88. The molecule has 0 aliphatic rings. The van der Waals surface area contributed by atoms with E-state index >= 15 is 0 Å². The zero-order valence-corrected chi connectivity index (χ0v) is 11.5. The van der Waals surface area contributed by atoms with E-state index in [1.54, 1.807) is 0 Å². The third-order valence-corrected chi connectivity index (χ3v) is 2.60. The fourth-order valence-electron chi connectivity index (χ4n) is 1.75. The molecule has 104 valence electrons. The molecule has 1 atom stereocenters.